The van der Waals surface area contributed by atoms with Crippen molar-refractivity contribution < 1.29 is 18.0 Å². The lowest BCUT2D eigenvalue weighted by molar-refractivity contribution is -0.138. The number of nitrogens with one attached hydrogen (secondary N) is 2. The largest absolute Gasteiger partial charge is 0.416 e. The lowest BCUT2D eigenvalue weighted by Gasteiger charge is -2.25. The fourth-order valence-electron chi connectivity index (χ4n) is 3.78. The van der Waals surface area contributed by atoms with Gasteiger partial charge in [0.15, 0.2) is 0 Å². The van der Waals surface area contributed by atoms with E-state index in [-0.39, 0.29) is 17.9 Å². The Bertz CT molecular complexity index is 1010. The van der Waals surface area contributed by atoms with Crippen molar-refractivity contribution in [3.05, 3.63) is 64.8 Å². The summed E-state index contributed by atoms with van der Waals surface area (Å²) >= 11 is 1.20. The van der Waals surface area contributed by atoms with E-state index in [4.69, 9.17) is 0 Å². The van der Waals surface area contributed by atoms with Crippen molar-refractivity contribution in [1.82, 2.24) is 15.2 Å². The van der Waals surface area contributed by atoms with E-state index in [1.807, 2.05) is 0 Å². The Labute approximate surface area is 174 Å². The van der Waals surface area contributed by atoms with E-state index in [9.17, 15) is 18.0 Å². The molecule has 2 heterocycles. The van der Waals surface area contributed by atoms with Crippen LogP contribution in [0, 0.1) is 0 Å². The highest BCUT2D eigenvalue weighted by Crippen LogP contribution is 2.42. The summed E-state index contributed by atoms with van der Waals surface area (Å²) in [5.74, 6) is -0.0995. The van der Waals surface area contributed by atoms with E-state index in [1.165, 1.54) is 29.1 Å². The summed E-state index contributed by atoms with van der Waals surface area (Å²) in [6.07, 6.45) is -0.710. The van der Waals surface area contributed by atoms with Crippen LogP contribution in [-0.2, 0) is 6.18 Å². The van der Waals surface area contributed by atoms with Crippen LogP contribution < -0.4 is 10.6 Å². The summed E-state index contributed by atoms with van der Waals surface area (Å²) < 4.78 is 40.3. The minimum absolute atomic E-state index is 0.165. The van der Waals surface area contributed by atoms with Crippen LogP contribution in [0.15, 0.2) is 48.1 Å². The third-order valence-electron chi connectivity index (χ3n) is 5.12. The van der Waals surface area contributed by atoms with E-state index in [1.54, 1.807) is 24.3 Å². The van der Waals surface area contributed by atoms with E-state index < -0.39 is 11.7 Å². The molecule has 0 bridgehead atoms. The SMILES string of the molecule is O=C(Nc1nncs1)c1ccc(NC2CCCC2c2ccccc2C(F)(F)F)nc1. The molecule has 1 fully saturated rings. The van der Waals surface area contributed by atoms with Crippen molar-refractivity contribution in [2.75, 3.05) is 10.6 Å². The van der Waals surface area contributed by atoms with Crippen molar-refractivity contribution in [1.29, 1.82) is 0 Å². The monoisotopic (exact) mass is 433 g/mol. The molecule has 1 saturated carbocycles. The Kier molecular flexibility index (Phi) is 5.67. The molecule has 1 aromatic carbocycles. The molecule has 0 radical (unpaired) electrons. The van der Waals surface area contributed by atoms with Gasteiger partial charge in [-0.15, -0.1) is 10.2 Å². The molecular formula is C20H18F3N5OS. The summed E-state index contributed by atoms with van der Waals surface area (Å²) in [6, 6.07) is 8.85. The lowest BCUT2D eigenvalue weighted by atomic mass is 9.89. The molecule has 4 rings (SSSR count). The van der Waals surface area contributed by atoms with Crippen LogP contribution in [0.1, 0.15) is 46.7 Å². The first kappa shape index (κ1) is 20.3. The quantitative estimate of drug-likeness (QED) is 0.595. The number of carbonyl (C=O) groups excluding carboxylic acids is 1. The van der Waals surface area contributed by atoms with Crippen LogP contribution in [0.2, 0.25) is 0 Å². The predicted octanol–water partition coefficient (Wildman–Crippen LogP) is 4.95. The van der Waals surface area contributed by atoms with Crippen LogP contribution in [0.5, 0.6) is 0 Å². The fourth-order valence-corrected chi connectivity index (χ4v) is 4.22. The van der Waals surface area contributed by atoms with Crippen molar-refractivity contribution in [3.63, 3.8) is 0 Å². The number of benzene rings is 1. The fraction of sp³-hybridized carbons (Fsp3) is 0.300. The zero-order valence-electron chi connectivity index (χ0n) is 15.7. The molecule has 1 aliphatic carbocycles. The van der Waals surface area contributed by atoms with E-state index in [0.29, 0.717) is 28.5 Å². The smallest absolute Gasteiger partial charge is 0.367 e. The van der Waals surface area contributed by atoms with Gasteiger partial charge in [-0.25, -0.2) is 4.98 Å². The average molecular weight is 433 g/mol. The average Bonchev–Trinajstić information content (AvgIpc) is 3.40. The Morgan fingerprint density at radius 2 is 1.97 bits per heavy atom. The van der Waals surface area contributed by atoms with Gasteiger partial charge in [0.25, 0.3) is 5.91 Å². The van der Waals surface area contributed by atoms with Crippen molar-refractivity contribution in [2.24, 2.45) is 0 Å². The van der Waals surface area contributed by atoms with E-state index in [2.05, 4.69) is 25.8 Å². The van der Waals surface area contributed by atoms with Gasteiger partial charge in [-0.3, -0.25) is 10.1 Å². The molecule has 30 heavy (non-hydrogen) atoms. The molecule has 2 atom stereocenters. The molecular weight excluding hydrogens is 415 g/mol. The summed E-state index contributed by atoms with van der Waals surface area (Å²) in [5.41, 5.74) is 1.59. The molecule has 2 aromatic heterocycles. The van der Waals surface area contributed by atoms with Crippen molar-refractivity contribution in [3.8, 4) is 0 Å². The number of aromatic nitrogens is 3. The zero-order chi connectivity index (χ0) is 21.1. The maximum atomic E-state index is 13.4. The number of hydrogen-bond donors (Lipinski definition) is 2. The van der Waals surface area contributed by atoms with Gasteiger partial charge in [0.1, 0.15) is 11.3 Å². The highest BCUT2D eigenvalue weighted by atomic mass is 32.1. The standard InChI is InChI=1S/C20H18F3N5OS/c21-20(22,23)15-6-2-1-4-13(15)14-5-3-7-16(14)26-17-9-8-12(10-24-17)18(29)27-19-28-25-11-30-19/h1-2,4,6,8-11,14,16H,3,5,7H2,(H,24,26)(H,27,28,29). The molecule has 1 aliphatic rings. The molecule has 2 N–H and O–H groups in total. The van der Waals surface area contributed by atoms with Gasteiger partial charge in [-0.05, 0) is 36.6 Å². The maximum Gasteiger partial charge on any atom is 0.416 e. The van der Waals surface area contributed by atoms with Gasteiger partial charge in [0.05, 0.1) is 11.1 Å². The number of halogens is 3. The van der Waals surface area contributed by atoms with Crippen LogP contribution in [0.3, 0.4) is 0 Å². The highest BCUT2D eigenvalue weighted by molar-refractivity contribution is 7.13. The maximum absolute atomic E-state index is 13.4. The number of rotatable bonds is 5. The molecule has 10 heteroatoms. The number of hydrogen-bond acceptors (Lipinski definition) is 6. The Balaban J connectivity index is 1.47. The Hall–Kier alpha value is -3.01. The van der Waals surface area contributed by atoms with Gasteiger partial charge in [0, 0.05) is 18.2 Å². The van der Waals surface area contributed by atoms with Gasteiger partial charge < -0.3 is 5.32 Å². The second kappa shape index (κ2) is 8.39. The zero-order valence-corrected chi connectivity index (χ0v) is 16.5. The topological polar surface area (TPSA) is 79.8 Å². The van der Waals surface area contributed by atoms with Crippen molar-refractivity contribution in [2.45, 2.75) is 37.4 Å². The number of alkyl halides is 3. The molecule has 2 unspecified atom stereocenters. The summed E-state index contributed by atoms with van der Waals surface area (Å²) in [7, 11) is 0. The third-order valence-corrected chi connectivity index (χ3v) is 5.73. The van der Waals surface area contributed by atoms with Gasteiger partial charge in [-0.1, -0.05) is 36.0 Å². The van der Waals surface area contributed by atoms with Crippen molar-refractivity contribution >= 4 is 28.2 Å². The van der Waals surface area contributed by atoms with Crippen LogP contribution in [-0.4, -0.2) is 27.1 Å². The first-order valence-electron chi connectivity index (χ1n) is 9.38. The van der Waals surface area contributed by atoms with Crippen LogP contribution in [0.4, 0.5) is 24.1 Å². The molecule has 0 aliphatic heterocycles. The minimum Gasteiger partial charge on any atom is -0.367 e. The Morgan fingerprint density at radius 1 is 1.13 bits per heavy atom. The highest BCUT2D eigenvalue weighted by Gasteiger charge is 2.38. The third kappa shape index (κ3) is 4.43. The van der Waals surface area contributed by atoms with Gasteiger partial charge >= 0.3 is 6.18 Å². The predicted molar refractivity (Wildman–Crippen MR) is 108 cm³/mol. The second-order valence-corrected chi connectivity index (χ2v) is 7.84. The molecule has 1 amide bonds. The molecule has 156 valence electrons. The number of carbonyl (C=O) groups is 1. The van der Waals surface area contributed by atoms with E-state index in [0.717, 1.165) is 18.9 Å². The van der Waals surface area contributed by atoms with Gasteiger partial charge in [0.2, 0.25) is 5.13 Å². The summed E-state index contributed by atoms with van der Waals surface area (Å²) in [6.45, 7) is 0. The molecule has 3 aromatic rings. The number of anilines is 2. The first-order chi connectivity index (χ1) is 14.4. The number of nitrogens with zero attached hydrogens (tertiary/aromatic N) is 3. The van der Waals surface area contributed by atoms with Gasteiger partial charge in [-0.2, -0.15) is 13.2 Å². The Morgan fingerprint density at radius 3 is 2.67 bits per heavy atom. The lowest BCUT2D eigenvalue weighted by Crippen LogP contribution is -2.25. The molecule has 0 saturated heterocycles. The molecule has 0 spiro atoms. The van der Waals surface area contributed by atoms with Crippen LogP contribution >= 0.6 is 11.3 Å². The second-order valence-electron chi connectivity index (χ2n) is 7.00. The summed E-state index contributed by atoms with van der Waals surface area (Å²) in [4.78, 5) is 16.5. The van der Waals surface area contributed by atoms with Crippen LogP contribution in [0.25, 0.3) is 0 Å². The first-order valence-corrected chi connectivity index (χ1v) is 10.3. The normalized spacial score (nSPS) is 18.9. The molecule has 6 nitrogen and oxygen atoms in total. The summed E-state index contributed by atoms with van der Waals surface area (Å²) in [5, 5.41) is 13.7. The number of pyridine rings is 1. The number of amides is 1. The minimum atomic E-state index is -4.38. The van der Waals surface area contributed by atoms with E-state index >= 15 is 0 Å².